The van der Waals surface area contributed by atoms with Crippen LogP contribution in [-0.4, -0.2) is 34.9 Å². The Morgan fingerprint density at radius 2 is 2.10 bits per heavy atom. The van der Waals surface area contributed by atoms with Crippen LogP contribution in [0.4, 0.5) is 8.78 Å². The van der Waals surface area contributed by atoms with Gasteiger partial charge in [-0.1, -0.05) is 11.2 Å². The van der Waals surface area contributed by atoms with Gasteiger partial charge in [0.15, 0.2) is 0 Å². The number of amides is 1. The monoisotopic (exact) mass is 297 g/mol. The molecule has 3 N–H and O–H groups in total. The van der Waals surface area contributed by atoms with Crippen molar-refractivity contribution in [1.82, 2.24) is 4.90 Å². The van der Waals surface area contributed by atoms with Crippen LogP contribution in [0.15, 0.2) is 23.4 Å². The van der Waals surface area contributed by atoms with Gasteiger partial charge in [-0.2, -0.15) is 0 Å². The number of benzene rings is 1. The summed E-state index contributed by atoms with van der Waals surface area (Å²) in [7, 11) is 0. The van der Waals surface area contributed by atoms with Crippen molar-refractivity contribution in [3.05, 3.63) is 35.4 Å². The molecule has 5 nitrogen and oxygen atoms in total. The molecular formula is C14H17F2N3O2. The molecule has 1 saturated heterocycles. The molecule has 1 aromatic carbocycles. The lowest BCUT2D eigenvalue weighted by atomic mass is 9.96. The molecule has 1 unspecified atom stereocenters. The van der Waals surface area contributed by atoms with Crippen molar-refractivity contribution >= 4 is 11.7 Å². The van der Waals surface area contributed by atoms with Crippen LogP contribution in [-0.2, 0) is 11.2 Å². The molecule has 114 valence electrons. The first-order chi connectivity index (χ1) is 10.0. The van der Waals surface area contributed by atoms with E-state index in [-0.39, 0.29) is 29.6 Å². The van der Waals surface area contributed by atoms with Crippen molar-refractivity contribution in [3.63, 3.8) is 0 Å². The highest BCUT2D eigenvalue weighted by atomic mass is 19.1. The molecule has 1 amide bonds. The van der Waals surface area contributed by atoms with Gasteiger partial charge in [-0.25, -0.2) is 8.78 Å². The van der Waals surface area contributed by atoms with E-state index < -0.39 is 11.6 Å². The van der Waals surface area contributed by atoms with Crippen molar-refractivity contribution in [1.29, 1.82) is 0 Å². The lowest BCUT2D eigenvalue weighted by Crippen LogP contribution is -2.44. The topological polar surface area (TPSA) is 78.9 Å². The third kappa shape index (κ3) is 3.48. The minimum absolute atomic E-state index is 0.0737. The molecule has 0 aromatic heterocycles. The van der Waals surface area contributed by atoms with E-state index in [9.17, 15) is 13.6 Å². The number of rotatable bonds is 3. The first-order valence-electron chi connectivity index (χ1n) is 6.71. The summed E-state index contributed by atoms with van der Waals surface area (Å²) in [5.41, 5.74) is 5.32. The van der Waals surface area contributed by atoms with Gasteiger partial charge in [0, 0.05) is 24.6 Å². The number of carbonyl (C=O) groups excluding carboxylic acids is 1. The van der Waals surface area contributed by atoms with E-state index in [1.165, 1.54) is 11.0 Å². The zero-order valence-electron chi connectivity index (χ0n) is 11.4. The molecular weight excluding hydrogens is 280 g/mol. The Morgan fingerprint density at radius 1 is 1.43 bits per heavy atom. The number of halogens is 2. The van der Waals surface area contributed by atoms with Crippen molar-refractivity contribution in [2.45, 2.75) is 19.3 Å². The summed E-state index contributed by atoms with van der Waals surface area (Å²) >= 11 is 0. The van der Waals surface area contributed by atoms with Crippen molar-refractivity contribution < 1.29 is 18.8 Å². The fourth-order valence-corrected chi connectivity index (χ4v) is 2.49. The molecule has 1 heterocycles. The van der Waals surface area contributed by atoms with E-state index in [4.69, 9.17) is 10.9 Å². The van der Waals surface area contributed by atoms with Crippen LogP contribution in [0, 0.1) is 17.6 Å². The van der Waals surface area contributed by atoms with Gasteiger partial charge in [-0.05, 0) is 25.0 Å². The van der Waals surface area contributed by atoms with Gasteiger partial charge in [-0.15, -0.1) is 0 Å². The van der Waals surface area contributed by atoms with Crippen LogP contribution >= 0.6 is 0 Å². The third-order valence-corrected chi connectivity index (χ3v) is 3.70. The maximum Gasteiger partial charge on any atom is 0.227 e. The van der Waals surface area contributed by atoms with Crippen LogP contribution in [0.5, 0.6) is 0 Å². The molecule has 2 rings (SSSR count). The average Bonchev–Trinajstić information content (AvgIpc) is 2.50. The van der Waals surface area contributed by atoms with E-state index in [0.29, 0.717) is 25.9 Å². The maximum absolute atomic E-state index is 13.6. The number of hydrogen-bond donors (Lipinski definition) is 2. The Balaban J connectivity index is 2.06. The molecule has 1 aliphatic rings. The molecule has 0 saturated carbocycles. The van der Waals surface area contributed by atoms with Gasteiger partial charge in [0.05, 0.1) is 6.42 Å². The predicted molar refractivity (Wildman–Crippen MR) is 72.8 cm³/mol. The molecule has 0 aliphatic carbocycles. The molecule has 0 spiro atoms. The smallest absolute Gasteiger partial charge is 0.227 e. The number of carbonyl (C=O) groups is 1. The Kier molecular flexibility index (Phi) is 4.72. The summed E-state index contributed by atoms with van der Waals surface area (Å²) in [6.45, 7) is 0.801. The molecule has 1 fully saturated rings. The molecule has 7 heteroatoms. The highest BCUT2D eigenvalue weighted by molar-refractivity contribution is 5.84. The molecule has 0 radical (unpaired) electrons. The predicted octanol–water partition coefficient (Wildman–Crippen LogP) is 1.49. The van der Waals surface area contributed by atoms with E-state index >= 15 is 0 Å². The zero-order chi connectivity index (χ0) is 15.4. The van der Waals surface area contributed by atoms with Crippen LogP contribution in [0.25, 0.3) is 0 Å². The molecule has 1 aliphatic heterocycles. The second-order valence-electron chi connectivity index (χ2n) is 5.08. The summed E-state index contributed by atoms with van der Waals surface area (Å²) < 4.78 is 27.1. The molecule has 1 aromatic rings. The van der Waals surface area contributed by atoms with Crippen LogP contribution in [0.2, 0.25) is 0 Å². The normalized spacial score (nSPS) is 19.6. The van der Waals surface area contributed by atoms with Gasteiger partial charge < -0.3 is 15.8 Å². The van der Waals surface area contributed by atoms with Gasteiger partial charge in [0.25, 0.3) is 0 Å². The van der Waals surface area contributed by atoms with Crippen LogP contribution in [0.1, 0.15) is 18.4 Å². The number of nitrogens with zero attached hydrogens (tertiary/aromatic N) is 2. The highest BCUT2D eigenvalue weighted by Gasteiger charge is 2.27. The molecule has 0 bridgehead atoms. The number of piperidine rings is 1. The van der Waals surface area contributed by atoms with Gasteiger partial charge in [0.2, 0.25) is 5.91 Å². The Bertz CT molecular complexity index is 543. The number of nitrogens with two attached hydrogens (primary N) is 1. The van der Waals surface area contributed by atoms with E-state index in [2.05, 4.69) is 5.16 Å². The van der Waals surface area contributed by atoms with Crippen molar-refractivity contribution in [2.24, 2.45) is 16.8 Å². The number of amidine groups is 1. The summed E-state index contributed by atoms with van der Waals surface area (Å²) in [5.74, 6) is -1.97. The second kappa shape index (κ2) is 6.51. The Morgan fingerprint density at radius 3 is 2.71 bits per heavy atom. The number of oxime groups is 1. The number of hydrogen-bond acceptors (Lipinski definition) is 3. The number of likely N-dealkylation sites (tertiary alicyclic amines) is 1. The lowest BCUT2D eigenvalue weighted by molar-refractivity contribution is -0.131. The van der Waals surface area contributed by atoms with Crippen molar-refractivity contribution in [2.75, 3.05) is 13.1 Å². The SMILES string of the molecule is N/C(=N/O)C1CCCN(C(=O)Cc2c(F)cccc2F)C1. The van der Waals surface area contributed by atoms with E-state index in [0.717, 1.165) is 12.1 Å². The zero-order valence-corrected chi connectivity index (χ0v) is 11.4. The van der Waals surface area contributed by atoms with Crippen molar-refractivity contribution in [3.8, 4) is 0 Å². The van der Waals surface area contributed by atoms with E-state index in [1.807, 2.05) is 0 Å². The summed E-state index contributed by atoms with van der Waals surface area (Å²) in [6, 6.07) is 3.51. The summed E-state index contributed by atoms with van der Waals surface area (Å²) in [6.07, 6.45) is 1.08. The lowest BCUT2D eigenvalue weighted by Gasteiger charge is -2.32. The van der Waals surface area contributed by atoms with Gasteiger partial charge in [0.1, 0.15) is 17.5 Å². The minimum atomic E-state index is -0.728. The standard InChI is InChI=1S/C14H17F2N3O2/c15-11-4-1-5-12(16)10(11)7-13(20)19-6-2-3-9(8-19)14(17)18-21/h1,4-5,9,21H,2-3,6-8H2,(H2,17,18). The minimum Gasteiger partial charge on any atom is -0.409 e. The maximum atomic E-state index is 13.6. The Labute approximate surface area is 121 Å². The first kappa shape index (κ1) is 15.2. The third-order valence-electron chi connectivity index (χ3n) is 3.70. The molecule has 21 heavy (non-hydrogen) atoms. The largest absolute Gasteiger partial charge is 0.409 e. The average molecular weight is 297 g/mol. The van der Waals surface area contributed by atoms with Gasteiger partial charge >= 0.3 is 0 Å². The quantitative estimate of drug-likeness (QED) is 0.384. The fourth-order valence-electron chi connectivity index (χ4n) is 2.49. The van der Waals surface area contributed by atoms with Crippen LogP contribution < -0.4 is 5.73 Å². The highest BCUT2D eigenvalue weighted by Crippen LogP contribution is 2.19. The van der Waals surface area contributed by atoms with Gasteiger partial charge in [-0.3, -0.25) is 4.79 Å². The Hall–Kier alpha value is -2.18. The summed E-state index contributed by atoms with van der Waals surface area (Å²) in [5, 5.41) is 11.6. The van der Waals surface area contributed by atoms with Crippen LogP contribution in [0.3, 0.4) is 0 Å². The molecule has 1 atom stereocenters. The fraction of sp³-hybridized carbons (Fsp3) is 0.429. The second-order valence-corrected chi connectivity index (χ2v) is 5.08. The summed E-state index contributed by atoms with van der Waals surface area (Å²) in [4.78, 5) is 13.7. The van der Waals surface area contributed by atoms with E-state index in [1.54, 1.807) is 0 Å². The first-order valence-corrected chi connectivity index (χ1v) is 6.71.